The van der Waals surface area contributed by atoms with Gasteiger partial charge < -0.3 is 10.6 Å². The quantitative estimate of drug-likeness (QED) is 0.701. The summed E-state index contributed by atoms with van der Waals surface area (Å²) in [5, 5.41) is 0. The van der Waals surface area contributed by atoms with E-state index in [1.807, 2.05) is 0 Å². The number of fused-ring (bicyclic) bond motifs is 1. The molecule has 0 aromatic carbocycles. The van der Waals surface area contributed by atoms with Crippen LogP contribution in [0.15, 0.2) is 0 Å². The van der Waals surface area contributed by atoms with Gasteiger partial charge in [-0.05, 0) is 12.3 Å². The zero-order valence-electron chi connectivity index (χ0n) is 7.68. The first-order chi connectivity index (χ1) is 6.13. The molecule has 1 saturated heterocycles. The fraction of sp³-hybridized carbons (Fsp3) is 1.00. The van der Waals surface area contributed by atoms with Crippen molar-refractivity contribution in [2.24, 2.45) is 17.6 Å². The highest BCUT2D eigenvalue weighted by Gasteiger charge is 2.53. The van der Waals surface area contributed by atoms with Gasteiger partial charge in [0.05, 0.1) is 0 Å². The molecule has 1 aliphatic heterocycles. The first kappa shape index (κ1) is 9.34. The van der Waals surface area contributed by atoms with Gasteiger partial charge in [-0.2, -0.15) is 0 Å². The SMILES string of the molecule is NCCN1C[C@@H]2CCC(F)(F)[C@H]2C1. The van der Waals surface area contributed by atoms with Gasteiger partial charge in [-0.15, -0.1) is 0 Å². The third-order valence-corrected chi connectivity index (χ3v) is 3.35. The number of nitrogens with two attached hydrogens (primary N) is 1. The average Bonchev–Trinajstić information content (AvgIpc) is 2.55. The van der Waals surface area contributed by atoms with E-state index in [2.05, 4.69) is 4.90 Å². The summed E-state index contributed by atoms with van der Waals surface area (Å²) in [5.41, 5.74) is 5.40. The zero-order chi connectivity index (χ0) is 9.47. The Kier molecular flexibility index (Phi) is 2.28. The van der Waals surface area contributed by atoms with Crippen molar-refractivity contribution in [2.45, 2.75) is 18.8 Å². The fourth-order valence-electron chi connectivity index (χ4n) is 2.66. The number of likely N-dealkylation sites (tertiary alicyclic amines) is 1. The van der Waals surface area contributed by atoms with E-state index in [4.69, 9.17) is 5.73 Å². The summed E-state index contributed by atoms with van der Waals surface area (Å²) >= 11 is 0. The van der Waals surface area contributed by atoms with Gasteiger partial charge in [-0.1, -0.05) is 0 Å². The molecule has 0 unspecified atom stereocenters. The molecule has 2 fully saturated rings. The van der Waals surface area contributed by atoms with Gasteiger partial charge in [0, 0.05) is 38.5 Å². The smallest absolute Gasteiger partial charge is 0.252 e. The van der Waals surface area contributed by atoms with E-state index >= 15 is 0 Å². The van der Waals surface area contributed by atoms with Gasteiger partial charge in [-0.3, -0.25) is 0 Å². The zero-order valence-corrected chi connectivity index (χ0v) is 7.68. The van der Waals surface area contributed by atoms with E-state index in [1.54, 1.807) is 0 Å². The Morgan fingerprint density at radius 3 is 2.77 bits per heavy atom. The molecule has 0 radical (unpaired) electrons. The van der Waals surface area contributed by atoms with Gasteiger partial charge >= 0.3 is 0 Å². The largest absolute Gasteiger partial charge is 0.329 e. The molecule has 0 bridgehead atoms. The lowest BCUT2D eigenvalue weighted by Gasteiger charge is -2.19. The van der Waals surface area contributed by atoms with Crippen LogP contribution in [-0.2, 0) is 0 Å². The third kappa shape index (κ3) is 1.57. The highest BCUT2D eigenvalue weighted by atomic mass is 19.3. The molecule has 0 amide bonds. The predicted molar refractivity (Wildman–Crippen MR) is 46.7 cm³/mol. The molecule has 0 aromatic heterocycles. The Morgan fingerprint density at radius 1 is 1.38 bits per heavy atom. The first-order valence-corrected chi connectivity index (χ1v) is 4.94. The van der Waals surface area contributed by atoms with Gasteiger partial charge in [-0.25, -0.2) is 8.78 Å². The Morgan fingerprint density at radius 2 is 2.15 bits per heavy atom. The number of hydrogen-bond acceptors (Lipinski definition) is 2. The minimum absolute atomic E-state index is 0.0960. The maximum Gasteiger partial charge on any atom is 0.252 e. The van der Waals surface area contributed by atoms with Crippen LogP contribution in [0.4, 0.5) is 8.78 Å². The maximum atomic E-state index is 13.3. The molecule has 1 saturated carbocycles. The minimum atomic E-state index is -2.41. The molecule has 2 N–H and O–H groups in total. The second-order valence-corrected chi connectivity index (χ2v) is 4.21. The summed E-state index contributed by atoms with van der Waals surface area (Å²) in [7, 11) is 0. The van der Waals surface area contributed by atoms with Crippen molar-refractivity contribution in [2.75, 3.05) is 26.2 Å². The summed E-state index contributed by atoms with van der Waals surface area (Å²) in [6.07, 6.45) is 0.789. The van der Waals surface area contributed by atoms with Gasteiger partial charge in [0.15, 0.2) is 0 Å². The van der Waals surface area contributed by atoms with Crippen LogP contribution < -0.4 is 5.73 Å². The Hall–Kier alpha value is -0.220. The molecule has 2 atom stereocenters. The Balaban J connectivity index is 1.98. The number of rotatable bonds is 2. The fourth-order valence-corrected chi connectivity index (χ4v) is 2.66. The summed E-state index contributed by atoms with van der Waals surface area (Å²) < 4.78 is 26.5. The maximum absolute atomic E-state index is 13.3. The molecule has 2 aliphatic rings. The lowest BCUT2D eigenvalue weighted by atomic mass is 9.99. The molecular weight excluding hydrogens is 174 g/mol. The second-order valence-electron chi connectivity index (χ2n) is 4.21. The molecule has 2 nitrogen and oxygen atoms in total. The van der Waals surface area contributed by atoms with Crippen LogP contribution in [0.2, 0.25) is 0 Å². The normalized spacial score (nSPS) is 38.1. The molecule has 4 heteroatoms. The van der Waals surface area contributed by atoms with Gasteiger partial charge in [0.25, 0.3) is 5.92 Å². The second kappa shape index (κ2) is 3.17. The van der Waals surface area contributed by atoms with Crippen molar-refractivity contribution < 1.29 is 8.78 Å². The molecule has 76 valence electrons. The molecule has 2 rings (SSSR count). The number of hydrogen-bond donors (Lipinski definition) is 1. The first-order valence-electron chi connectivity index (χ1n) is 4.94. The minimum Gasteiger partial charge on any atom is -0.329 e. The summed E-state index contributed by atoms with van der Waals surface area (Å²) in [5.74, 6) is -2.57. The van der Waals surface area contributed by atoms with Crippen LogP contribution in [0, 0.1) is 11.8 Å². The van der Waals surface area contributed by atoms with E-state index in [9.17, 15) is 8.78 Å². The summed E-state index contributed by atoms with van der Waals surface area (Å²) in [6.45, 7) is 2.72. The van der Waals surface area contributed by atoms with Crippen LogP contribution in [0.25, 0.3) is 0 Å². The molecule has 1 heterocycles. The molecule has 1 aliphatic carbocycles. The summed E-state index contributed by atoms with van der Waals surface area (Å²) in [6, 6.07) is 0. The van der Waals surface area contributed by atoms with E-state index < -0.39 is 5.92 Å². The van der Waals surface area contributed by atoms with Crippen LogP contribution in [-0.4, -0.2) is 37.0 Å². The van der Waals surface area contributed by atoms with E-state index in [1.165, 1.54) is 0 Å². The Labute approximate surface area is 77.1 Å². The number of halogens is 2. The van der Waals surface area contributed by atoms with Crippen LogP contribution in [0.5, 0.6) is 0 Å². The van der Waals surface area contributed by atoms with Crippen molar-refractivity contribution in [1.29, 1.82) is 0 Å². The van der Waals surface area contributed by atoms with Gasteiger partial charge in [0.2, 0.25) is 0 Å². The number of nitrogens with zero attached hydrogens (tertiary/aromatic N) is 1. The molecule has 13 heavy (non-hydrogen) atoms. The van der Waals surface area contributed by atoms with E-state index in [0.29, 0.717) is 19.5 Å². The van der Waals surface area contributed by atoms with Crippen LogP contribution >= 0.6 is 0 Å². The van der Waals surface area contributed by atoms with Crippen LogP contribution in [0.1, 0.15) is 12.8 Å². The topological polar surface area (TPSA) is 29.3 Å². The molecular formula is C9H16F2N2. The summed E-state index contributed by atoms with van der Waals surface area (Å²) in [4.78, 5) is 2.07. The third-order valence-electron chi connectivity index (χ3n) is 3.35. The highest BCUT2D eigenvalue weighted by Crippen LogP contribution is 2.47. The lowest BCUT2D eigenvalue weighted by molar-refractivity contribution is -0.0397. The molecule has 0 spiro atoms. The van der Waals surface area contributed by atoms with Crippen molar-refractivity contribution in [3.05, 3.63) is 0 Å². The van der Waals surface area contributed by atoms with E-state index in [-0.39, 0.29) is 18.3 Å². The highest BCUT2D eigenvalue weighted by molar-refractivity contribution is 4.97. The van der Waals surface area contributed by atoms with Crippen molar-refractivity contribution in [3.8, 4) is 0 Å². The van der Waals surface area contributed by atoms with Crippen molar-refractivity contribution in [3.63, 3.8) is 0 Å². The molecule has 0 aromatic rings. The van der Waals surface area contributed by atoms with Crippen LogP contribution in [0.3, 0.4) is 0 Å². The van der Waals surface area contributed by atoms with Crippen molar-refractivity contribution in [1.82, 2.24) is 4.90 Å². The van der Waals surface area contributed by atoms with E-state index in [0.717, 1.165) is 13.1 Å². The predicted octanol–water partition coefficient (Wildman–Crippen LogP) is 0.922. The van der Waals surface area contributed by atoms with Crippen molar-refractivity contribution >= 4 is 0 Å². The standard InChI is InChI=1S/C9H16F2N2/c10-9(11)2-1-7-5-13(4-3-12)6-8(7)9/h7-8H,1-6,12H2/t7-,8-/m0/s1. The number of alkyl halides is 2. The monoisotopic (exact) mass is 190 g/mol. The average molecular weight is 190 g/mol. The lowest BCUT2D eigenvalue weighted by Crippen LogP contribution is -2.31. The van der Waals surface area contributed by atoms with Gasteiger partial charge in [0.1, 0.15) is 0 Å². The Bertz CT molecular complexity index is 196.